The molecule has 2 atom stereocenters. The third kappa shape index (κ3) is 3.22. The smallest absolute Gasteiger partial charge is 0.0981 e. The van der Waals surface area contributed by atoms with Crippen molar-refractivity contribution in [2.24, 2.45) is 11.3 Å². The molecule has 17 heavy (non-hydrogen) atoms. The molecule has 2 aliphatic rings. The van der Waals surface area contributed by atoms with E-state index in [1.807, 2.05) is 0 Å². The third-order valence-corrected chi connectivity index (χ3v) is 4.00. The van der Waals surface area contributed by atoms with Gasteiger partial charge in [0.25, 0.3) is 0 Å². The van der Waals surface area contributed by atoms with Crippen LogP contribution in [-0.2, 0) is 4.74 Å². The van der Waals surface area contributed by atoms with Gasteiger partial charge in [0, 0.05) is 5.92 Å². The Hall–Kier alpha value is -0.560. The Bertz CT molecular complexity index is 326. The summed E-state index contributed by atoms with van der Waals surface area (Å²) in [5, 5.41) is 0. The zero-order valence-corrected chi connectivity index (χ0v) is 11.8. The molecule has 0 N–H and O–H groups in total. The first kappa shape index (κ1) is 12.9. The summed E-state index contributed by atoms with van der Waals surface area (Å²) in [6.45, 7) is 9.97. The number of epoxide rings is 1. The van der Waals surface area contributed by atoms with Gasteiger partial charge in [0.15, 0.2) is 0 Å². The molecule has 0 aromatic heterocycles. The normalized spacial score (nSPS) is 34.6. The zero-order valence-electron chi connectivity index (χ0n) is 11.8. The highest BCUT2D eigenvalue weighted by atomic mass is 16.6. The molecular formula is C16H26O. The molecule has 1 saturated carbocycles. The molecule has 0 bridgehead atoms. The van der Waals surface area contributed by atoms with Crippen LogP contribution < -0.4 is 0 Å². The maximum absolute atomic E-state index is 5.75. The van der Waals surface area contributed by atoms with Crippen LogP contribution in [0.3, 0.4) is 0 Å². The summed E-state index contributed by atoms with van der Waals surface area (Å²) in [6, 6.07) is 0. The van der Waals surface area contributed by atoms with Gasteiger partial charge < -0.3 is 4.74 Å². The van der Waals surface area contributed by atoms with Gasteiger partial charge in [-0.1, -0.05) is 57.4 Å². The number of hydrogen-bond acceptors (Lipinski definition) is 1. The van der Waals surface area contributed by atoms with E-state index in [1.54, 1.807) is 0 Å². The minimum Gasteiger partial charge on any atom is -0.369 e. The van der Waals surface area contributed by atoms with Gasteiger partial charge in [-0.15, -0.1) is 0 Å². The average Bonchev–Trinajstić information content (AvgIpc) is 2.97. The number of allylic oxidation sites excluding steroid dienone is 3. The number of hydrogen-bond donors (Lipinski definition) is 0. The van der Waals surface area contributed by atoms with E-state index in [9.17, 15) is 0 Å². The fourth-order valence-corrected chi connectivity index (χ4v) is 2.90. The van der Waals surface area contributed by atoms with Crippen LogP contribution in [0.4, 0.5) is 0 Å². The molecule has 0 radical (unpaired) electrons. The molecule has 0 aromatic carbocycles. The zero-order chi connectivity index (χ0) is 12.5. The molecule has 1 heteroatoms. The Morgan fingerprint density at radius 1 is 1.29 bits per heavy atom. The van der Waals surface area contributed by atoms with E-state index in [1.165, 1.54) is 31.3 Å². The second-order valence-corrected chi connectivity index (χ2v) is 6.79. The fourth-order valence-electron chi connectivity index (χ4n) is 2.90. The Labute approximate surface area is 106 Å². The van der Waals surface area contributed by atoms with Crippen LogP contribution in [0.5, 0.6) is 0 Å². The van der Waals surface area contributed by atoms with Crippen LogP contribution in [-0.4, -0.2) is 12.2 Å². The van der Waals surface area contributed by atoms with Crippen molar-refractivity contribution in [3.63, 3.8) is 0 Å². The number of ether oxygens (including phenoxy) is 1. The second-order valence-electron chi connectivity index (χ2n) is 6.79. The molecule has 1 aliphatic heterocycles. The molecule has 0 aromatic rings. The van der Waals surface area contributed by atoms with Crippen molar-refractivity contribution in [1.29, 1.82) is 0 Å². The topological polar surface area (TPSA) is 12.5 Å². The predicted molar refractivity (Wildman–Crippen MR) is 73.0 cm³/mol. The summed E-state index contributed by atoms with van der Waals surface area (Å²) >= 11 is 0. The van der Waals surface area contributed by atoms with E-state index in [0.29, 0.717) is 5.92 Å². The maximum Gasteiger partial charge on any atom is 0.0981 e. The molecule has 2 rings (SSSR count). The lowest BCUT2D eigenvalue weighted by Gasteiger charge is -2.29. The highest BCUT2D eigenvalue weighted by Gasteiger charge is 2.52. The summed E-state index contributed by atoms with van der Waals surface area (Å²) in [7, 11) is 0. The maximum atomic E-state index is 5.75. The highest BCUT2D eigenvalue weighted by Crippen LogP contribution is 2.48. The van der Waals surface area contributed by atoms with Crippen molar-refractivity contribution in [2.75, 3.05) is 6.61 Å². The van der Waals surface area contributed by atoms with Crippen LogP contribution in [0, 0.1) is 11.3 Å². The number of rotatable bonds is 2. The summed E-state index contributed by atoms with van der Waals surface area (Å²) in [6.07, 6.45) is 12.1. The monoisotopic (exact) mass is 234 g/mol. The molecule has 1 nitrogen and oxygen atoms in total. The fraction of sp³-hybridized carbons (Fsp3) is 0.750. The van der Waals surface area contributed by atoms with E-state index in [-0.39, 0.29) is 11.0 Å². The van der Waals surface area contributed by atoms with Gasteiger partial charge in [0.05, 0.1) is 12.2 Å². The van der Waals surface area contributed by atoms with E-state index in [2.05, 4.69) is 45.9 Å². The quantitative estimate of drug-likeness (QED) is 0.506. The summed E-state index contributed by atoms with van der Waals surface area (Å²) in [4.78, 5) is 0. The minimum absolute atomic E-state index is 0.244. The van der Waals surface area contributed by atoms with Crippen molar-refractivity contribution in [3.8, 4) is 0 Å². The first-order chi connectivity index (χ1) is 7.93. The first-order valence-electron chi connectivity index (χ1n) is 6.93. The molecule has 1 aliphatic carbocycles. The average molecular weight is 234 g/mol. The van der Waals surface area contributed by atoms with Gasteiger partial charge in [-0.25, -0.2) is 0 Å². The van der Waals surface area contributed by atoms with Gasteiger partial charge >= 0.3 is 0 Å². The predicted octanol–water partition coefficient (Wildman–Crippen LogP) is 4.49. The molecule has 1 spiro atoms. The molecule has 1 saturated heterocycles. The first-order valence-corrected chi connectivity index (χ1v) is 6.93. The van der Waals surface area contributed by atoms with E-state index >= 15 is 0 Å². The van der Waals surface area contributed by atoms with Gasteiger partial charge in [-0.2, -0.15) is 0 Å². The lowest BCUT2D eigenvalue weighted by molar-refractivity contribution is 0.182. The third-order valence-electron chi connectivity index (χ3n) is 4.00. The van der Waals surface area contributed by atoms with Crippen molar-refractivity contribution < 1.29 is 4.74 Å². The molecule has 0 amide bonds. The van der Waals surface area contributed by atoms with Crippen molar-refractivity contribution in [2.45, 2.75) is 59.0 Å². The Morgan fingerprint density at radius 2 is 2.00 bits per heavy atom. The van der Waals surface area contributed by atoms with Gasteiger partial charge in [-0.05, 0) is 25.2 Å². The van der Waals surface area contributed by atoms with Gasteiger partial charge in [0.2, 0.25) is 0 Å². The van der Waals surface area contributed by atoms with Gasteiger partial charge in [0.1, 0.15) is 0 Å². The van der Waals surface area contributed by atoms with Crippen molar-refractivity contribution in [3.05, 3.63) is 23.8 Å². The van der Waals surface area contributed by atoms with Crippen LogP contribution in [0.1, 0.15) is 53.4 Å². The van der Waals surface area contributed by atoms with E-state index < -0.39 is 0 Å². The molecule has 2 fully saturated rings. The molecule has 1 heterocycles. The largest absolute Gasteiger partial charge is 0.369 e. The lowest BCUT2D eigenvalue weighted by atomic mass is 9.75. The Morgan fingerprint density at radius 3 is 2.59 bits per heavy atom. The highest BCUT2D eigenvalue weighted by molar-refractivity contribution is 5.21. The molecule has 2 unspecified atom stereocenters. The standard InChI is InChI=1S/C16H26O/c1-13(8-7-10-15(2,3)4)14-9-5-6-11-16(14)12-17-16/h7-8,10,14H,5-6,9,11-12H2,1-4H3/b10-7+,13-8+. The SMILES string of the molecule is C/C(=C\C=C\C(C)(C)C)C1CCCCC12CO2. The van der Waals surface area contributed by atoms with Crippen molar-refractivity contribution >= 4 is 0 Å². The van der Waals surface area contributed by atoms with Crippen LogP contribution in [0.15, 0.2) is 23.8 Å². The van der Waals surface area contributed by atoms with Crippen LogP contribution in [0.2, 0.25) is 0 Å². The van der Waals surface area contributed by atoms with Crippen LogP contribution >= 0.6 is 0 Å². The summed E-state index contributed by atoms with van der Waals surface area (Å²) in [5.74, 6) is 0.667. The van der Waals surface area contributed by atoms with Crippen molar-refractivity contribution in [1.82, 2.24) is 0 Å². The molecule has 96 valence electrons. The molecular weight excluding hydrogens is 208 g/mol. The second kappa shape index (κ2) is 4.61. The summed E-state index contributed by atoms with van der Waals surface area (Å²) < 4.78 is 5.75. The van der Waals surface area contributed by atoms with E-state index in [4.69, 9.17) is 4.74 Å². The van der Waals surface area contributed by atoms with Gasteiger partial charge in [-0.3, -0.25) is 0 Å². The Kier molecular flexibility index (Phi) is 3.49. The van der Waals surface area contributed by atoms with Crippen LogP contribution in [0.25, 0.3) is 0 Å². The van der Waals surface area contributed by atoms with E-state index in [0.717, 1.165) is 6.61 Å². The summed E-state index contributed by atoms with van der Waals surface area (Å²) in [5.41, 5.74) is 2.02. The minimum atomic E-state index is 0.244. The lowest BCUT2D eigenvalue weighted by Crippen LogP contribution is -2.29. The Balaban J connectivity index is 2.01.